The van der Waals surface area contributed by atoms with Gasteiger partial charge < -0.3 is 15.8 Å². The molecule has 0 atom stereocenters. The van der Waals surface area contributed by atoms with Crippen molar-refractivity contribution in [2.45, 2.75) is 6.42 Å². The molecule has 0 saturated carbocycles. The standard InChI is InChI=1S/C15H18N6O/c1-22-13-6-3-2-5-12(13)21-15-11(9-20-21)14(18-10-19-15)17-8-4-7-16/h2-3,5-6,9-10H,4,7-8,16H2,1H3,(H,17,18,19). The van der Waals surface area contributed by atoms with Gasteiger partial charge in [-0.05, 0) is 25.1 Å². The van der Waals surface area contributed by atoms with Crippen LogP contribution in [0.2, 0.25) is 0 Å². The minimum Gasteiger partial charge on any atom is -0.494 e. The number of para-hydroxylation sites is 2. The fourth-order valence-electron chi connectivity index (χ4n) is 2.27. The van der Waals surface area contributed by atoms with Crippen LogP contribution in [0, 0.1) is 0 Å². The van der Waals surface area contributed by atoms with Gasteiger partial charge in [0.25, 0.3) is 0 Å². The highest BCUT2D eigenvalue weighted by Crippen LogP contribution is 2.26. The van der Waals surface area contributed by atoms with Crippen LogP contribution in [-0.4, -0.2) is 39.9 Å². The Morgan fingerprint density at radius 2 is 2.14 bits per heavy atom. The molecule has 7 nitrogen and oxygen atoms in total. The molecular formula is C15H18N6O. The van der Waals surface area contributed by atoms with E-state index in [1.54, 1.807) is 18.0 Å². The minimum absolute atomic E-state index is 0.641. The average molecular weight is 298 g/mol. The van der Waals surface area contributed by atoms with Gasteiger partial charge in [0.1, 0.15) is 23.6 Å². The second-order valence-electron chi connectivity index (χ2n) is 4.76. The molecule has 0 unspecified atom stereocenters. The Hall–Kier alpha value is -2.67. The van der Waals surface area contributed by atoms with Gasteiger partial charge in [-0.3, -0.25) is 0 Å². The van der Waals surface area contributed by atoms with Crippen LogP contribution in [0.3, 0.4) is 0 Å². The van der Waals surface area contributed by atoms with E-state index in [0.29, 0.717) is 6.54 Å². The first-order chi connectivity index (χ1) is 10.8. The molecule has 3 N–H and O–H groups in total. The van der Waals surface area contributed by atoms with E-state index in [2.05, 4.69) is 20.4 Å². The number of hydrogen-bond acceptors (Lipinski definition) is 6. The SMILES string of the molecule is COc1ccccc1-n1ncc2c(NCCCN)ncnc21. The van der Waals surface area contributed by atoms with E-state index in [1.165, 1.54) is 6.33 Å². The number of nitrogens with one attached hydrogen (secondary N) is 1. The van der Waals surface area contributed by atoms with E-state index in [1.807, 2.05) is 24.3 Å². The molecule has 0 aliphatic heterocycles. The number of nitrogens with zero attached hydrogens (tertiary/aromatic N) is 4. The van der Waals surface area contributed by atoms with Gasteiger partial charge in [0.2, 0.25) is 0 Å². The Morgan fingerprint density at radius 1 is 1.27 bits per heavy atom. The number of fused-ring (bicyclic) bond motifs is 1. The van der Waals surface area contributed by atoms with Crippen LogP contribution in [0.1, 0.15) is 6.42 Å². The van der Waals surface area contributed by atoms with Gasteiger partial charge in [0, 0.05) is 6.54 Å². The van der Waals surface area contributed by atoms with Crippen LogP contribution in [0.15, 0.2) is 36.8 Å². The van der Waals surface area contributed by atoms with Crippen molar-refractivity contribution in [1.29, 1.82) is 0 Å². The minimum atomic E-state index is 0.641. The average Bonchev–Trinajstić information content (AvgIpc) is 3.00. The van der Waals surface area contributed by atoms with Gasteiger partial charge in [-0.2, -0.15) is 5.10 Å². The van der Waals surface area contributed by atoms with Crippen molar-refractivity contribution in [2.24, 2.45) is 5.73 Å². The molecule has 3 aromatic rings. The zero-order valence-electron chi connectivity index (χ0n) is 12.4. The molecule has 0 spiro atoms. The first-order valence-electron chi connectivity index (χ1n) is 7.11. The van der Waals surface area contributed by atoms with E-state index in [0.717, 1.165) is 41.3 Å². The molecule has 1 aromatic carbocycles. The van der Waals surface area contributed by atoms with Gasteiger partial charge in [-0.1, -0.05) is 12.1 Å². The second-order valence-corrected chi connectivity index (χ2v) is 4.76. The predicted octanol–water partition coefficient (Wildman–Crippen LogP) is 1.58. The van der Waals surface area contributed by atoms with Crippen molar-refractivity contribution in [3.05, 3.63) is 36.8 Å². The number of rotatable bonds is 6. The number of methoxy groups -OCH3 is 1. The Morgan fingerprint density at radius 3 is 2.95 bits per heavy atom. The molecule has 114 valence electrons. The Bertz CT molecular complexity index is 770. The molecule has 0 aliphatic carbocycles. The summed E-state index contributed by atoms with van der Waals surface area (Å²) in [6.07, 6.45) is 4.17. The zero-order valence-corrected chi connectivity index (χ0v) is 12.4. The molecule has 7 heteroatoms. The number of hydrogen-bond donors (Lipinski definition) is 2. The lowest BCUT2D eigenvalue weighted by atomic mass is 10.3. The van der Waals surface area contributed by atoms with E-state index in [4.69, 9.17) is 10.5 Å². The molecule has 2 aromatic heterocycles. The van der Waals surface area contributed by atoms with E-state index >= 15 is 0 Å². The summed E-state index contributed by atoms with van der Waals surface area (Å²) in [5, 5.41) is 8.56. The Kier molecular flexibility index (Phi) is 4.15. The summed E-state index contributed by atoms with van der Waals surface area (Å²) >= 11 is 0. The lowest BCUT2D eigenvalue weighted by Gasteiger charge is -2.09. The largest absolute Gasteiger partial charge is 0.494 e. The molecule has 0 amide bonds. The number of anilines is 1. The summed E-state index contributed by atoms with van der Waals surface area (Å²) in [7, 11) is 1.64. The van der Waals surface area contributed by atoms with Crippen LogP contribution in [0.25, 0.3) is 16.7 Å². The fraction of sp³-hybridized carbons (Fsp3) is 0.267. The van der Waals surface area contributed by atoms with E-state index < -0.39 is 0 Å². The van der Waals surface area contributed by atoms with Crippen molar-refractivity contribution in [3.8, 4) is 11.4 Å². The highest BCUT2D eigenvalue weighted by Gasteiger charge is 2.13. The molecule has 0 radical (unpaired) electrons. The number of aromatic nitrogens is 4. The van der Waals surface area contributed by atoms with Crippen molar-refractivity contribution < 1.29 is 4.74 Å². The molecule has 0 fully saturated rings. The maximum Gasteiger partial charge on any atom is 0.168 e. The smallest absolute Gasteiger partial charge is 0.168 e. The van der Waals surface area contributed by atoms with Crippen LogP contribution >= 0.6 is 0 Å². The molecule has 2 heterocycles. The topological polar surface area (TPSA) is 90.9 Å². The highest BCUT2D eigenvalue weighted by atomic mass is 16.5. The number of ether oxygens (including phenoxy) is 1. The molecule has 22 heavy (non-hydrogen) atoms. The van der Waals surface area contributed by atoms with Crippen LogP contribution in [-0.2, 0) is 0 Å². The zero-order chi connectivity index (χ0) is 15.4. The summed E-state index contributed by atoms with van der Waals surface area (Å²) in [4.78, 5) is 8.63. The summed E-state index contributed by atoms with van der Waals surface area (Å²) in [5.74, 6) is 1.50. The van der Waals surface area contributed by atoms with Gasteiger partial charge >= 0.3 is 0 Å². The predicted molar refractivity (Wildman–Crippen MR) is 85.4 cm³/mol. The second kappa shape index (κ2) is 6.40. The molecule has 0 saturated heterocycles. The number of benzene rings is 1. The van der Waals surface area contributed by atoms with Gasteiger partial charge in [0.05, 0.1) is 18.7 Å². The monoisotopic (exact) mass is 298 g/mol. The van der Waals surface area contributed by atoms with Crippen LogP contribution in [0.5, 0.6) is 5.75 Å². The maximum absolute atomic E-state index is 5.51. The van der Waals surface area contributed by atoms with Gasteiger partial charge in [-0.25, -0.2) is 14.6 Å². The van der Waals surface area contributed by atoms with E-state index in [-0.39, 0.29) is 0 Å². The molecule has 0 aliphatic rings. The summed E-state index contributed by atoms with van der Waals surface area (Å²) in [6, 6.07) is 7.69. The third-order valence-electron chi connectivity index (χ3n) is 3.35. The number of nitrogens with two attached hydrogens (primary N) is 1. The fourth-order valence-corrected chi connectivity index (χ4v) is 2.27. The third-order valence-corrected chi connectivity index (χ3v) is 3.35. The van der Waals surface area contributed by atoms with Crippen molar-refractivity contribution in [2.75, 3.05) is 25.5 Å². The van der Waals surface area contributed by atoms with Crippen LogP contribution in [0.4, 0.5) is 5.82 Å². The maximum atomic E-state index is 5.51. The van der Waals surface area contributed by atoms with Gasteiger partial charge in [-0.15, -0.1) is 0 Å². The quantitative estimate of drug-likeness (QED) is 0.671. The highest BCUT2D eigenvalue weighted by molar-refractivity contribution is 5.87. The normalized spacial score (nSPS) is 10.8. The lowest BCUT2D eigenvalue weighted by molar-refractivity contribution is 0.412. The van der Waals surface area contributed by atoms with Crippen molar-refractivity contribution in [3.63, 3.8) is 0 Å². The third kappa shape index (κ3) is 2.58. The Balaban J connectivity index is 2.04. The van der Waals surface area contributed by atoms with Crippen molar-refractivity contribution >= 4 is 16.9 Å². The Labute approximate surface area is 128 Å². The summed E-state index contributed by atoms with van der Waals surface area (Å²) in [6.45, 7) is 1.41. The lowest BCUT2D eigenvalue weighted by Crippen LogP contribution is -2.09. The molecule has 3 rings (SSSR count). The summed E-state index contributed by atoms with van der Waals surface area (Å²) in [5.41, 5.74) is 7.08. The molecular weight excluding hydrogens is 280 g/mol. The van der Waals surface area contributed by atoms with Crippen LogP contribution < -0.4 is 15.8 Å². The van der Waals surface area contributed by atoms with Gasteiger partial charge in [0.15, 0.2) is 5.65 Å². The summed E-state index contributed by atoms with van der Waals surface area (Å²) < 4.78 is 7.15. The first-order valence-corrected chi connectivity index (χ1v) is 7.11. The molecule has 0 bridgehead atoms. The van der Waals surface area contributed by atoms with E-state index in [9.17, 15) is 0 Å². The van der Waals surface area contributed by atoms with Crippen molar-refractivity contribution in [1.82, 2.24) is 19.7 Å². The first kappa shape index (κ1) is 14.3.